The number of benzene rings is 1. The number of phenolic OH excluding ortho intramolecular Hbond substituents is 1. The van der Waals surface area contributed by atoms with E-state index in [-0.39, 0.29) is 0 Å². The average molecular weight is 262 g/mol. The Morgan fingerprint density at radius 2 is 1.16 bits per heavy atom. The molecule has 1 rings (SSSR count). The molecule has 108 valence electrons. The van der Waals surface area contributed by atoms with E-state index in [9.17, 15) is 5.11 Å². The molecule has 0 amide bonds. The van der Waals surface area contributed by atoms with Gasteiger partial charge in [0.15, 0.2) is 0 Å². The lowest BCUT2D eigenvalue weighted by molar-refractivity contribution is 0.458. The van der Waals surface area contributed by atoms with Gasteiger partial charge < -0.3 is 5.11 Å². The molecule has 0 unspecified atom stereocenters. The fourth-order valence-corrected chi connectivity index (χ4v) is 3.19. The van der Waals surface area contributed by atoms with Crippen molar-refractivity contribution in [2.24, 2.45) is 0 Å². The van der Waals surface area contributed by atoms with Crippen molar-refractivity contribution in [3.05, 3.63) is 27.8 Å². The molecule has 0 radical (unpaired) electrons. The van der Waals surface area contributed by atoms with E-state index < -0.39 is 0 Å². The summed E-state index contributed by atoms with van der Waals surface area (Å²) >= 11 is 0. The van der Waals surface area contributed by atoms with Crippen LogP contribution in [0.1, 0.15) is 74.8 Å². The molecule has 1 aromatic carbocycles. The molecule has 1 heteroatoms. The van der Waals surface area contributed by atoms with Crippen molar-refractivity contribution in [1.29, 1.82) is 0 Å². The molecule has 0 atom stereocenters. The molecule has 1 N–H and O–H groups in total. The molecular weight excluding hydrogens is 232 g/mol. The molecule has 0 aliphatic rings. The zero-order valence-corrected chi connectivity index (χ0v) is 13.4. The minimum absolute atomic E-state index is 0.588. The molecule has 0 saturated heterocycles. The van der Waals surface area contributed by atoms with Gasteiger partial charge in [0.2, 0.25) is 0 Å². The maximum atomic E-state index is 10.6. The molecule has 0 spiro atoms. The Balaban J connectivity index is 3.52. The summed E-state index contributed by atoms with van der Waals surface area (Å²) in [5.74, 6) is 0.588. The summed E-state index contributed by atoms with van der Waals surface area (Å²) in [4.78, 5) is 0. The van der Waals surface area contributed by atoms with Crippen molar-refractivity contribution in [2.45, 2.75) is 79.6 Å². The van der Waals surface area contributed by atoms with Crippen LogP contribution in [0.5, 0.6) is 5.75 Å². The monoisotopic (exact) mass is 262 g/mol. The summed E-state index contributed by atoms with van der Waals surface area (Å²) in [5.41, 5.74) is 6.70. The second-order valence-corrected chi connectivity index (χ2v) is 5.49. The fourth-order valence-electron chi connectivity index (χ4n) is 3.19. The first-order valence-electron chi connectivity index (χ1n) is 7.97. The first-order valence-corrected chi connectivity index (χ1v) is 7.97. The summed E-state index contributed by atoms with van der Waals surface area (Å²) in [7, 11) is 0. The lowest BCUT2D eigenvalue weighted by atomic mass is 9.84. The zero-order chi connectivity index (χ0) is 14.4. The SMILES string of the molecule is CCCc1c(C)c(CC)c(O)c(CCC)c1CCC. The van der Waals surface area contributed by atoms with Gasteiger partial charge in [-0.3, -0.25) is 0 Å². The summed E-state index contributed by atoms with van der Waals surface area (Å²) in [5, 5.41) is 10.6. The van der Waals surface area contributed by atoms with Crippen LogP contribution >= 0.6 is 0 Å². The molecular formula is C18H30O. The molecule has 1 aromatic rings. The normalized spacial score (nSPS) is 11.0. The van der Waals surface area contributed by atoms with Crippen LogP contribution in [0, 0.1) is 6.92 Å². The summed E-state index contributed by atoms with van der Waals surface area (Å²) in [6.07, 6.45) is 7.60. The van der Waals surface area contributed by atoms with E-state index in [1.807, 2.05) is 0 Å². The van der Waals surface area contributed by atoms with Crippen LogP contribution < -0.4 is 0 Å². The van der Waals surface area contributed by atoms with Gasteiger partial charge >= 0.3 is 0 Å². The highest BCUT2D eigenvalue weighted by atomic mass is 16.3. The van der Waals surface area contributed by atoms with E-state index in [0.717, 1.165) is 38.5 Å². The number of phenols is 1. The van der Waals surface area contributed by atoms with E-state index in [4.69, 9.17) is 0 Å². The van der Waals surface area contributed by atoms with Gasteiger partial charge in [-0.25, -0.2) is 0 Å². The Hall–Kier alpha value is -0.980. The Labute approximate surface area is 119 Å². The highest BCUT2D eigenvalue weighted by Gasteiger charge is 2.18. The molecule has 1 nitrogen and oxygen atoms in total. The van der Waals surface area contributed by atoms with Crippen LogP contribution in [-0.4, -0.2) is 5.11 Å². The number of rotatable bonds is 7. The largest absolute Gasteiger partial charge is 0.507 e. The maximum absolute atomic E-state index is 10.6. The number of aromatic hydroxyl groups is 1. The minimum Gasteiger partial charge on any atom is -0.507 e. The first-order chi connectivity index (χ1) is 9.12. The van der Waals surface area contributed by atoms with E-state index in [1.54, 1.807) is 0 Å². The fraction of sp³-hybridized carbons (Fsp3) is 0.667. The van der Waals surface area contributed by atoms with Crippen LogP contribution in [0.4, 0.5) is 0 Å². The van der Waals surface area contributed by atoms with Crippen LogP contribution in [0.25, 0.3) is 0 Å². The van der Waals surface area contributed by atoms with Gasteiger partial charge in [0.25, 0.3) is 0 Å². The van der Waals surface area contributed by atoms with Gasteiger partial charge in [-0.15, -0.1) is 0 Å². The predicted octanol–water partition coefficient (Wildman–Crippen LogP) is 5.12. The highest BCUT2D eigenvalue weighted by Crippen LogP contribution is 2.35. The van der Waals surface area contributed by atoms with Gasteiger partial charge in [-0.05, 0) is 60.4 Å². The highest BCUT2D eigenvalue weighted by molar-refractivity contribution is 5.55. The first kappa shape index (κ1) is 16.1. The predicted molar refractivity (Wildman–Crippen MR) is 84.2 cm³/mol. The Bertz CT molecular complexity index is 385. The third-order valence-corrected chi connectivity index (χ3v) is 4.06. The molecule has 0 aromatic heterocycles. The van der Waals surface area contributed by atoms with Gasteiger partial charge in [0.1, 0.15) is 5.75 Å². The molecule has 0 bridgehead atoms. The molecule has 0 heterocycles. The summed E-state index contributed by atoms with van der Waals surface area (Å²) in [6, 6.07) is 0. The van der Waals surface area contributed by atoms with Crippen molar-refractivity contribution in [3.8, 4) is 5.75 Å². The van der Waals surface area contributed by atoms with Crippen molar-refractivity contribution >= 4 is 0 Å². The second-order valence-electron chi connectivity index (χ2n) is 5.49. The topological polar surface area (TPSA) is 20.2 Å². The third-order valence-electron chi connectivity index (χ3n) is 4.06. The van der Waals surface area contributed by atoms with Crippen molar-refractivity contribution in [1.82, 2.24) is 0 Å². The third kappa shape index (κ3) is 3.32. The quantitative estimate of drug-likeness (QED) is 0.723. The average Bonchev–Trinajstić information content (AvgIpc) is 2.39. The number of hydrogen-bond acceptors (Lipinski definition) is 1. The standard InChI is InChI=1S/C18H30O/c1-6-10-15-13(5)14(9-4)18(19)17(12-8-3)16(15)11-7-2/h19H,6-12H2,1-5H3. The lowest BCUT2D eigenvalue weighted by Crippen LogP contribution is -2.07. The van der Waals surface area contributed by atoms with Crippen LogP contribution in [0.15, 0.2) is 0 Å². The molecule has 0 fully saturated rings. The zero-order valence-electron chi connectivity index (χ0n) is 13.4. The van der Waals surface area contributed by atoms with Gasteiger partial charge in [-0.2, -0.15) is 0 Å². The molecule has 0 aliphatic carbocycles. The van der Waals surface area contributed by atoms with Crippen molar-refractivity contribution in [2.75, 3.05) is 0 Å². The van der Waals surface area contributed by atoms with Gasteiger partial charge in [0, 0.05) is 0 Å². The Kier molecular flexibility index (Phi) is 6.41. The van der Waals surface area contributed by atoms with Crippen LogP contribution in [0.2, 0.25) is 0 Å². The van der Waals surface area contributed by atoms with Crippen molar-refractivity contribution in [3.63, 3.8) is 0 Å². The van der Waals surface area contributed by atoms with E-state index in [1.165, 1.54) is 34.2 Å². The second kappa shape index (κ2) is 7.57. The molecule has 19 heavy (non-hydrogen) atoms. The molecule has 0 aliphatic heterocycles. The number of hydrogen-bond donors (Lipinski definition) is 1. The van der Waals surface area contributed by atoms with Gasteiger partial charge in [0.05, 0.1) is 0 Å². The van der Waals surface area contributed by atoms with Crippen molar-refractivity contribution < 1.29 is 5.11 Å². The molecule has 0 saturated carbocycles. The lowest BCUT2D eigenvalue weighted by Gasteiger charge is -2.22. The van der Waals surface area contributed by atoms with E-state index in [0.29, 0.717) is 5.75 Å². The minimum atomic E-state index is 0.588. The van der Waals surface area contributed by atoms with E-state index >= 15 is 0 Å². The van der Waals surface area contributed by atoms with Crippen LogP contribution in [-0.2, 0) is 25.7 Å². The maximum Gasteiger partial charge on any atom is 0.122 e. The Morgan fingerprint density at radius 3 is 1.63 bits per heavy atom. The smallest absolute Gasteiger partial charge is 0.122 e. The van der Waals surface area contributed by atoms with Gasteiger partial charge in [-0.1, -0.05) is 47.0 Å². The van der Waals surface area contributed by atoms with Crippen LogP contribution in [0.3, 0.4) is 0 Å². The van der Waals surface area contributed by atoms with E-state index in [2.05, 4.69) is 34.6 Å². The summed E-state index contributed by atoms with van der Waals surface area (Å²) < 4.78 is 0. The summed E-state index contributed by atoms with van der Waals surface area (Å²) in [6.45, 7) is 11.0. The Morgan fingerprint density at radius 1 is 0.684 bits per heavy atom.